The van der Waals surface area contributed by atoms with Crippen LogP contribution in [0.25, 0.3) is 10.9 Å². The normalized spacial score (nSPS) is 18.0. The summed E-state index contributed by atoms with van der Waals surface area (Å²) in [7, 11) is 0. The Morgan fingerprint density at radius 1 is 1.43 bits per heavy atom. The van der Waals surface area contributed by atoms with Gasteiger partial charge in [-0.25, -0.2) is 0 Å². The molecule has 2 heterocycles. The van der Waals surface area contributed by atoms with Crippen molar-refractivity contribution in [2.75, 3.05) is 13.2 Å². The molecule has 1 aliphatic rings. The van der Waals surface area contributed by atoms with Gasteiger partial charge in [0.25, 0.3) is 5.24 Å². The van der Waals surface area contributed by atoms with E-state index in [-0.39, 0.29) is 11.3 Å². The number of thioether (sulfide) groups is 1. The zero-order chi connectivity index (χ0) is 14.7. The Kier molecular flexibility index (Phi) is 4.41. The molecule has 1 unspecified atom stereocenters. The van der Waals surface area contributed by atoms with Crippen LogP contribution >= 0.6 is 11.8 Å². The van der Waals surface area contributed by atoms with Crippen molar-refractivity contribution in [1.29, 1.82) is 0 Å². The van der Waals surface area contributed by atoms with Gasteiger partial charge in [0.15, 0.2) is 0 Å². The number of aromatic nitrogens is 1. The van der Waals surface area contributed by atoms with Gasteiger partial charge in [-0.05, 0) is 43.7 Å². The molecule has 1 aliphatic heterocycles. The lowest BCUT2D eigenvalue weighted by Crippen LogP contribution is -2.28. The maximum absolute atomic E-state index is 12.1. The van der Waals surface area contributed by atoms with Crippen LogP contribution in [0.4, 0.5) is 4.79 Å². The molecule has 1 fully saturated rings. The van der Waals surface area contributed by atoms with E-state index in [1.54, 1.807) is 0 Å². The molecule has 0 saturated carbocycles. The molecule has 1 N–H and O–H groups in total. The van der Waals surface area contributed by atoms with Gasteiger partial charge in [0.1, 0.15) is 0 Å². The first-order valence-electron chi connectivity index (χ1n) is 7.16. The van der Waals surface area contributed by atoms with Crippen molar-refractivity contribution in [2.45, 2.75) is 30.8 Å². The Hall–Kier alpha value is -1.59. The van der Waals surface area contributed by atoms with E-state index in [2.05, 4.69) is 10.3 Å². The molecule has 110 valence electrons. The highest BCUT2D eigenvalue weighted by atomic mass is 32.2. The van der Waals surface area contributed by atoms with E-state index in [9.17, 15) is 4.79 Å². The van der Waals surface area contributed by atoms with E-state index >= 15 is 0 Å². The number of aryl methyl sites for hydroxylation is 1. The topological polar surface area (TPSA) is 51.2 Å². The molecule has 3 rings (SSSR count). The highest BCUT2D eigenvalue weighted by Crippen LogP contribution is 2.27. The predicted octanol–water partition coefficient (Wildman–Crippen LogP) is 3.52. The second-order valence-electron chi connectivity index (χ2n) is 5.19. The average Bonchev–Trinajstić information content (AvgIpc) is 2.99. The molecular weight excluding hydrogens is 284 g/mol. The molecular formula is C16H18N2O2S. The fourth-order valence-corrected chi connectivity index (χ4v) is 3.20. The summed E-state index contributed by atoms with van der Waals surface area (Å²) < 4.78 is 5.50. The number of amides is 1. The van der Waals surface area contributed by atoms with Crippen molar-refractivity contribution < 1.29 is 9.53 Å². The molecule has 0 aliphatic carbocycles. The van der Waals surface area contributed by atoms with Gasteiger partial charge in [-0.15, -0.1) is 0 Å². The molecule has 4 nitrogen and oxygen atoms in total. The number of nitrogens with zero attached hydrogens (tertiary/aromatic N) is 1. The summed E-state index contributed by atoms with van der Waals surface area (Å²) in [6.07, 6.45) is 2.28. The quantitative estimate of drug-likeness (QED) is 0.881. The van der Waals surface area contributed by atoms with Gasteiger partial charge in [-0.3, -0.25) is 9.78 Å². The molecule has 2 aromatic rings. The van der Waals surface area contributed by atoms with Gasteiger partial charge < -0.3 is 10.1 Å². The van der Waals surface area contributed by atoms with Crippen molar-refractivity contribution in [2.24, 2.45) is 0 Å². The molecule has 1 saturated heterocycles. The van der Waals surface area contributed by atoms with Crippen LogP contribution in [0.2, 0.25) is 0 Å². The van der Waals surface area contributed by atoms with E-state index < -0.39 is 0 Å². The molecule has 21 heavy (non-hydrogen) atoms. The van der Waals surface area contributed by atoms with Crippen LogP contribution in [-0.2, 0) is 4.74 Å². The van der Waals surface area contributed by atoms with Crippen LogP contribution in [0.5, 0.6) is 0 Å². The summed E-state index contributed by atoms with van der Waals surface area (Å²) in [5.41, 5.74) is 1.84. The predicted molar refractivity (Wildman–Crippen MR) is 84.7 cm³/mol. The number of pyridine rings is 1. The number of fused-ring (bicyclic) bond motifs is 1. The summed E-state index contributed by atoms with van der Waals surface area (Å²) in [4.78, 5) is 17.5. The number of hydrogen-bond acceptors (Lipinski definition) is 4. The number of ether oxygens (including phenoxy) is 1. The number of carbonyl (C=O) groups excluding carboxylic acids is 1. The number of benzene rings is 1. The lowest BCUT2D eigenvalue weighted by atomic mass is 10.2. The Bertz CT molecular complexity index is 654. The first kappa shape index (κ1) is 14.4. The van der Waals surface area contributed by atoms with E-state index in [0.717, 1.165) is 40.9 Å². The van der Waals surface area contributed by atoms with Crippen molar-refractivity contribution in [3.05, 3.63) is 36.0 Å². The van der Waals surface area contributed by atoms with Gasteiger partial charge in [0.05, 0.1) is 11.6 Å². The van der Waals surface area contributed by atoms with E-state index in [0.29, 0.717) is 6.54 Å². The summed E-state index contributed by atoms with van der Waals surface area (Å²) >= 11 is 1.20. The molecule has 1 aromatic carbocycles. The Labute approximate surface area is 128 Å². The third kappa shape index (κ3) is 3.54. The average molecular weight is 302 g/mol. The van der Waals surface area contributed by atoms with Gasteiger partial charge >= 0.3 is 0 Å². The number of carbonyl (C=O) groups is 1. The first-order chi connectivity index (χ1) is 10.2. The summed E-state index contributed by atoms with van der Waals surface area (Å²) in [6.45, 7) is 3.35. The Morgan fingerprint density at radius 2 is 2.33 bits per heavy atom. The smallest absolute Gasteiger partial charge is 0.284 e. The van der Waals surface area contributed by atoms with Crippen molar-refractivity contribution in [3.8, 4) is 0 Å². The second-order valence-corrected chi connectivity index (χ2v) is 6.20. The van der Waals surface area contributed by atoms with Gasteiger partial charge in [0, 0.05) is 29.1 Å². The van der Waals surface area contributed by atoms with Crippen LogP contribution in [-0.4, -0.2) is 29.5 Å². The fourth-order valence-electron chi connectivity index (χ4n) is 2.44. The van der Waals surface area contributed by atoms with Crippen LogP contribution in [0, 0.1) is 6.92 Å². The van der Waals surface area contributed by atoms with Crippen LogP contribution < -0.4 is 5.32 Å². The number of nitrogens with one attached hydrogen (secondary N) is 1. The standard InChI is InChI=1S/C16H18N2O2S/c1-11-7-8-12-4-2-6-14(15(12)18-11)21-16(19)17-10-13-5-3-9-20-13/h2,4,6-8,13H,3,5,9-10H2,1H3,(H,17,19). The molecule has 0 radical (unpaired) electrons. The minimum atomic E-state index is -0.0543. The van der Waals surface area contributed by atoms with Gasteiger partial charge in [-0.2, -0.15) is 0 Å². The number of rotatable bonds is 3. The molecule has 1 amide bonds. The third-order valence-electron chi connectivity index (χ3n) is 3.52. The van der Waals surface area contributed by atoms with Gasteiger partial charge in [0.2, 0.25) is 0 Å². The molecule has 0 bridgehead atoms. The molecule has 5 heteroatoms. The third-order valence-corrected chi connectivity index (χ3v) is 4.40. The zero-order valence-corrected chi connectivity index (χ0v) is 12.8. The van der Waals surface area contributed by atoms with Crippen molar-refractivity contribution in [3.63, 3.8) is 0 Å². The van der Waals surface area contributed by atoms with E-state index in [4.69, 9.17) is 4.74 Å². The van der Waals surface area contributed by atoms with E-state index in [1.165, 1.54) is 11.8 Å². The molecule has 1 atom stereocenters. The number of hydrogen-bond donors (Lipinski definition) is 1. The molecule has 1 aromatic heterocycles. The maximum atomic E-state index is 12.1. The summed E-state index contributed by atoms with van der Waals surface area (Å²) in [5.74, 6) is 0. The van der Waals surface area contributed by atoms with Crippen LogP contribution in [0.1, 0.15) is 18.5 Å². The fraction of sp³-hybridized carbons (Fsp3) is 0.375. The summed E-state index contributed by atoms with van der Waals surface area (Å²) in [6, 6.07) is 9.91. The highest BCUT2D eigenvalue weighted by molar-refractivity contribution is 8.13. The second kappa shape index (κ2) is 6.45. The lowest BCUT2D eigenvalue weighted by Gasteiger charge is -2.11. The zero-order valence-electron chi connectivity index (χ0n) is 12.0. The largest absolute Gasteiger partial charge is 0.376 e. The summed E-state index contributed by atoms with van der Waals surface area (Å²) in [5, 5.41) is 3.92. The Morgan fingerprint density at radius 3 is 3.14 bits per heavy atom. The maximum Gasteiger partial charge on any atom is 0.284 e. The van der Waals surface area contributed by atoms with Crippen LogP contribution in [0.3, 0.4) is 0 Å². The first-order valence-corrected chi connectivity index (χ1v) is 7.98. The minimum Gasteiger partial charge on any atom is -0.376 e. The van der Waals surface area contributed by atoms with Crippen molar-refractivity contribution in [1.82, 2.24) is 10.3 Å². The number of para-hydroxylation sites is 1. The van der Waals surface area contributed by atoms with E-state index in [1.807, 2.05) is 37.3 Å². The molecule has 0 spiro atoms. The van der Waals surface area contributed by atoms with Crippen molar-refractivity contribution >= 4 is 27.9 Å². The van der Waals surface area contributed by atoms with Crippen LogP contribution in [0.15, 0.2) is 35.2 Å². The minimum absolute atomic E-state index is 0.0543. The monoisotopic (exact) mass is 302 g/mol. The lowest BCUT2D eigenvalue weighted by molar-refractivity contribution is 0.112. The highest BCUT2D eigenvalue weighted by Gasteiger charge is 2.17. The van der Waals surface area contributed by atoms with Gasteiger partial charge in [-0.1, -0.05) is 18.2 Å². The SMILES string of the molecule is Cc1ccc2cccc(SC(=O)NCC3CCCO3)c2n1. The Balaban J connectivity index is 1.69.